The summed E-state index contributed by atoms with van der Waals surface area (Å²) in [5.41, 5.74) is 2.77. The summed E-state index contributed by atoms with van der Waals surface area (Å²) in [6.45, 7) is 2.80. The van der Waals surface area contributed by atoms with E-state index < -0.39 is 5.97 Å². The molecule has 2 aliphatic heterocycles. The van der Waals surface area contributed by atoms with Gasteiger partial charge in [0, 0.05) is 25.8 Å². The number of para-hydroxylation sites is 2. The molecule has 0 aromatic heterocycles. The minimum atomic E-state index is -0.864. The fraction of sp³-hybridized carbons (Fsp3) is 0.389. The van der Waals surface area contributed by atoms with Crippen molar-refractivity contribution < 1.29 is 9.90 Å². The van der Waals surface area contributed by atoms with Crippen molar-refractivity contribution in [2.24, 2.45) is 0 Å². The van der Waals surface area contributed by atoms with E-state index in [1.54, 1.807) is 12.2 Å². The lowest BCUT2D eigenvalue weighted by Crippen LogP contribution is -2.28. The lowest BCUT2D eigenvalue weighted by atomic mass is 10.1. The molecule has 0 spiro atoms. The van der Waals surface area contributed by atoms with Gasteiger partial charge in [0.15, 0.2) is 0 Å². The molecular formula is C18H22N2O2. The fourth-order valence-corrected chi connectivity index (χ4v) is 3.12. The second-order valence-electron chi connectivity index (χ2n) is 5.82. The Morgan fingerprint density at radius 2 is 1.68 bits per heavy atom. The summed E-state index contributed by atoms with van der Waals surface area (Å²) in [5, 5.41) is 9.04. The lowest BCUT2D eigenvalue weighted by Gasteiger charge is -2.30. The summed E-state index contributed by atoms with van der Waals surface area (Å²) in [7, 11) is 0. The molecular weight excluding hydrogens is 276 g/mol. The van der Waals surface area contributed by atoms with Crippen LogP contribution in [0.5, 0.6) is 0 Å². The van der Waals surface area contributed by atoms with Gasteiger partial charge in [0.25, 0.3) is 0 Å². The Hall–Kier alpha value is -2.23. The highest BCUT2D eigenvalue weighted by molar-refractivity contribution is 5.90. The molecule has 1 aromatic rings. The zero-order chi connectivity index (χ0) is 15.4. The molecule has 1 N–H and O–H groups in total. The Balaban J connectivity index is 1.83. The Bertz CT molecular complexity index is 599. The van der Waals surface area contributed by atoms with Gasteiger partial charge in [-0.2, -0.15) is 0 Å². The standard InChI is InChI=1S/C18H22N2O2/c21-18(22)15-9-13-20(14-10-15)17-8-4-3-7-16(17)19-11-5-1-2-6-12-19/h3-4,7-10,13H,1-2,5-6,11-12,14H2,(H,21,22). The molecule has 4 heteroatoms. The van der Waals surface area contributed by atoms with Gasteiger partial charge in [-0.05, 0) is 31.1 Å². The van der Waals surface area contributed by atoms with E-state index in [0.29, 0.717) is 12.1 Å². The van der Waals surface area contributed by atoms with Crippen molar-refractivity contribution in [3.63, 3.8) is 0 Å². The molecule has 0 saturated carbocycles. The molecule has 1 saturated heterocycles. The van der Waals surface area contributed by atoms with Crippen LogP contribution in [0.3, 0.4) is 0 Å². The third kappa shape index (κ3) is 3.16. The SMILES string of the molecule is O=C(O)C1=CCN(c2ccccc2N2CCCCCC2)C=C1. The van der Waals surface area contributed by atoms with Gasteiger partial charge in [0.1, 0.15) is 0 Å². The van der Waals surface area contributed by atoms with Crippen LogP contribution < -0.4 is 9.80 Å². The van der Waals surface area contributed by atoms with Gasteiger partial charge in [-0.25, -0.2) is 4.79 Å². The molecule has 22 heavy (non-hydrogen) atoms. The van der Waals surface area contributed by atoms with Crippen LogP contribution in [0.15, 0.2) is 48.2 Å². The van der Waals surface area contributed by atoms with E-state index >= 15 is 0 Å². The molecule has 0 unspecified atom stereocenters. The maximum absolute atomic E-state index is 11.0. The van der Waals surface area contributed by atoms with Crippen molar-refractivity contribution in [1.82, 2.24) is 0 Å². The first-order chi connectivity index (χ1) is 10.8. The largest absolute Gasteiger partial charge is 0.478 e. The van der Waals surface area contributed by atoms with Crippen LogP contribution in [0.1, 0.15) is 25.7 Å². The maximum Gasteiger partial charge on any atom is 0.335 e. The normalized spacial score (nSPS) is 18.8. The predicted octanol–water partition coefficient (Wildman–Crippen LogP) is 3.41. The summed E-state index contributed by atoms with van der Waals surface area (Å²) in [6, 6.07) is 8.41. The Labute approximate surface area is 131 Å². The molecule has 1 fully saturated rings. The summed E-state index contributed by atoms with van der Waals surface area (Å²) < 4.78 is 0. The molecule has 0 aliphatic carbocycles. The third-order valence-electron chi connectivity index (χ3n) is 4.33. The van der Waals surface area contributed by atoms with E-state index in [9.17, 15) is 4.79 Å². The molecule has 0 bridgehead atoms. The second kappa shape index (κ2) is 6.69. The zero-order valence-electron chi connectivity index (χ0n) is 12.7. The van der Waals surface area contributed by atoms with E-state index in [1.165, 1.54) is 31.4 Å². The second-order valence-corrected chi connectivity index (χ2v) is 5.82. The fourth-order valence-electron chi connectivity index (χ4n) is 3.12. The minimum Gasteiger partial charge on any atom is -0.478 e. The van der Waals surface area contributed by atoms with E-state index in [-0.39, 0.29) is 0 Å². The summed E-state index contributed by atoms with van der Waals surface area (Å²) in [4.78, 5) is 15.6. The van der Waals surface area contributed by atoms with Gasteiger partial charge in [-0.15, -0.1) is 0 Å². The average molecular weight is 298 g/mol. The van der Waals surface area contributed by atoms with Crippen LogP contribution in [-0.2, 0) is 4.79 Å². The molecule has 4 nitrogen and oxygen atoms in total. The van der Waals surface area contributed by atoms with E-state index in [0.717, 1.165) is 18.8 Å². The van der Waals surface area contributed by atoms with Gasteiger partial charge < -0.3 is 14.9 Å². The van der Waals surface area contributed by atoms with Crippen LogP contribution in [-0.4, -0.2) is 30.7 Å². The van der Waals surface area contributed by atoms with Crippen molar-refractivity contribution in [3.8, 4) is 0 Å². The Morgan fingerprint density at radius 3 is 2.27 bits per heavy atom. The quantitative estimate of drug-likeness (QED) is 0.928. The first kappa shape index (κ1) is 14.7. The molecule has 2 aliphatic rings. The van der Waals surface area contributed by atoms with E-state index in [1.807, 2.05) is 12.3 Å². The maximum atomic E-state index is 11.0. The van der Waals surface area contributed by atoms with Crippen molar-refractivity contribution in [1.29, 1.82) is 0 Å². The van der Waals surface area contributed by atoms with Gasteiger partial charge in [-0.1, -0.05) is 31.1 Å². The number of rotatable bonds is 3. The number of carboxylic acids is 1. The smallest absolute Gasteiger partial charge is 0.335 e. The van der Waals surface area contributed by atoms with Gasteiger partial charge in [0.05, 0.1) is 16.9 Å². The molecule has 2 heterocycles. The number of aliphatic carboxylic acids is 1. The van der Waals surface area contributed by atoms with E-state index in [2.05, 4.69) is 28.0 Å². The number of carbonyl (C=O) groups is 1. The Morgan fingerprint density at radius 1 is 1.00 bits per heavy atom. The van der Waals surface area contributed by atoms with Gasteiger partial charge in [-0.3, -0.25) is 0 Å². The Kier molecular flexibility index (Phi) is 4.47. The molecule has 116 valence electrons. The van der Waals surface area contributed by atoms with Crippen LogP contribution in [0.2, 0.25) is 0 Å². The molecule has 3 rings (SSSR count). The van der Waals surface area contributed by atoms with Gasteiger partial charge >= 0.3 is 5.97 Å². The summed E-state index contributed by atoms with van der Waals surface area (Å²) in [5.74, 6) is -0.864. The number of nitrogens with zero attached hydrogens (tertiary/aromatic N) is 2. The average Bonchev–Trinajstić information content (AvgIpc) is 2.84. The van der Waals surface area contributed by atoms with E-state index in [4.69, 9.17) is 5.11 Å². The zero-order valence-corrected chi connectivity index (χ0v) is 12.7. The van der Waals surface area contributed by atoms with Crippen molar-refractivity contribution >= 4 is 17.3 Å². The van der Waals surface area contributed by atoms with Crippen LogP contribution in [0, 0.1) is 0 Å². The van der Waals surface area contributed by atoms with Crippen molar-refractivity contribution in [2.45, 2.75) is 25.7 Å². The number of carboxylic acid groups (broad SMARTS) is 1. The van der Waals surface area contributed by atoms with Crippen LogP contribution >= 0.6 is 0 Å². The predicted molar refractivity (Wildman–Crippen MR) is 89.3 cm³/mol. The number of hydrogen-bond acceptors (Lipinski definition) is 3. The number of benzene rings is 1. The minimum absolute atomic E-state index is 0.364. The monoisotopic (exact) mass is 298 g/mol. The third-order valence-corrected chi connectivity index (χ3v) is 4.33. The molecule has 1 aromatic carbocycles. The topological polar surface area (TPSA) is 43.8 Å². The highest BCUT2D eigenvalue weighted by Gasteiger charge is 2.18. The van der Waals surface area contributed by atoms with Crippen LogP contribution in [0.25, 0.3) is 0 Å². The molecule has 0 amide bonds. The van der Waals surface area contributed by atoms with Crippen molar-refractivity contribution in [3.05, 3.63) is 48.2 Å². The highest BCUT2D eigenvalue weighted by Crippen LogP contribution is 2.32. The molecule has 0 atom stereocenters. The first-order valence-electron chi connectivity index (χ1n) is 7.98. The highest BCUT2D eigenvalue weighted by atomic mass is 16.4. The summed E-state index contributed by atoms with van der Waals surface area (Å²) in [6.07, 6.45) is 10.4. The molecule has 0 radical (unpaired) electrons. The first-order valence-corrected chi connectivity index (χ1v) is 7.98. The van der Waals surface area contributed by atoms with Crippen molar-refractivity contribution in [2.75, 3.05) is 29.4 Å². The van der Waals surface area contributed by atoms with Crippen LogP contribution in [0.4, 0.5) is 11.4 Å². The van der Waals surface area contributed by atoms with Gasteiger partial charge in [0.2, 0.25) is 0 Å². The lowest BCUT2D eigenvalue weighted by molar-refractivity contribution is -0.132. The number of hydrogen-bond donors (Lipinski definition) is 1. The summed E-state index contributed by atoms with van der Waals surface area (Å²) >= 11 is 0. The number of anilines is 2.